The van der Waals surface area contributed by atoms with Crippen LogP contribution in [0.1, 0.15) is 13.8 Å². The third kappa shape index (κ3) is 24.5. The van der Waals surface area contributed by atoms with Gasteiger partial charge in [-0.15, -0.1) is 0 Å². The summed E-state index contributed by atoms with van der Waals surface area (Å²) in [4.78, 5) is 30.3. The Hall–Kier alpha value is -2.89. The standard InChI is InChI=1S/C7H10O2.C6H8O2.C4H6O2/c1-4-5-9-7(8)6(2)3;1-3-5-8-6(7)4-2;1-3(2)4(5)6/h4H,1-2,5H2,3H3;3-4H,1-2,5H2;1H2,2H3,(H,5,6). The third-order valence-corrected chi connectivity index (χ3v) is 1.56. The minimum atomic E-state index is -0.935. The molecule has 0 amide bonds. The van der Waals surface area contributed by atoms with E-state index in [1.54, 1.807) is 6.92 Å². The van der Waals surface area contributed by atoms with Crippen LogP contribution in [0.4, 0.5) is 0 Å². The highest BCUT2D eigenvalue weighted by Crippen LogP contribution is 1.90. The molecule has 128 valence electrons. The van der Waals surface area contributed by atoms with Gasteiger partial charge in [-0.2, -0.15) is 0 Å². The molecular weight excluding hydrogens is 300 g/mol. The summed E-state index contributed by atoms with van der Waals surface area (Å²) in [7, 11) is 0. The molecule has 0 radical (unpaired) electrons. The molecule has 0 aromatic heterocycles. The lowest BCUT2D eigenvalue weighted by Gasteiger charge is -1.97. The molecule has 23 heavy (non-hydrogen) atoms. The Morgan fingerprint density at radius 1 is 0.913 bits per heavy atom. The average molecular weight is 324 g/mol. The molecular formula is C17H24O6. The predicted octanol–water partition coefficient (Wildman–Crippen LogP) is 2.84. The Balaban J connectivity index is -0.000000266. The highest BCUT2D eigenvalue weighted by molar-refractivity contribution is 5.87. The topological polar surface area (TPSA) is 89.9 Å². The van der Waals surface area contributed by atoms with Crippen molar-refractivity contribution >= 4 is 17.9 Å². The first-order valence-corrected chi connectivity index (χ1v) is 6.36. The summed E-state index contributed by atoms with van der Waals surface area (Å²) in [5.41, 5.74) is 0.590. The van der Waals surface area contributed by atoms with Crippen molar-refractivity contribution in [2.24, 2.45) is 0 Å². The maximum atomic E-state index is 10.5. The van der Waals surface area contributed by atoms with Crippen molar-refractivity contribution in [2.45, 2.75) is 13.8 Å². The molecule has 6 heteroatoms. The number of carboxylic acids is 1. The molecule has 0 aliphatic carbocycles. The minimum absolute atomic E-state index is 0.176. The van der Waals surface area contributed by atoms with Crippen molar-refractivity contribution in [3.8, 4) is 0 Å². The van der Waals surface area contributed by atoms with Crippen LogP contribution in [0, 0.1) is 0 Å². The first-order chi connectivity index (χ1) is 10.6. The molecule has 0 aliphatic heterocycles. The zero-order chi connectivity index (χ0) is 18.8. The second-order valence-electron chi connectivity index (χ2n) is 3.88. The van der Waals surface area contributed by atoms with Crippen molar-refractivity contribution in [3.05, 3.63) is 62.3 Å². The first kappa shape index (κ1) is 25.1. The van der Waals surface area contributed by atoms with E-state index >= 15 is 0 Å². The van der Waals surface area contributed by atoms with Crippen LogP contribution >= 0.6 is 0 Å². The number of carbonyl (C=O) groups excluding carboxylic acids is 2. The smallest absolute Gasteiger partial charge is 0.333 e. The number of aliphatic carboxylic acids is 1. The van der Waals surface area contributed by atoms with Crippen molar-refractivity contribution in [1.29, 1.82) is 0 Å². The maximum absolute atomic E-state index is 10.5. The van der Waals surface area contributed by atoms with Crippen LogP contribution in [0.5, 0.6) is 0 Å². The largest absolute Gasteiger partial charge is 0.478 e. The molecule has 0 bridgehead atoms. The number of carbonyl (C=O) groups is 3. The van der Waals surface area contributed by atoms with Crippen molar-refractivity contribution in [2.75, 3.05) is 13.2 Å². The fraction of sp³-hybridized carbons (Fsp3) is 0.235. The molecule has 0 fully saturated rings. The van der Waals surface area contributed by atoms with E-state index in [0.29, 0.717) is 5.57 Å². The van der Waals surface area contributed by atoms with Crippen LogP contribution in [-0.4, -0.2) is 36.2 Å². The van der Waals surface area contributed by atoms with E-state index in [9.17, 15) is 14.4 Å². The van der Waals surface area contributed by atoms with Gasteiger partial charge in [-0.25, -0.2) is 14.4 Å². The van der Waals surface area contributed by atoms with E-state index in [0.717, 1.165) is 6.08 Å². The van der Waals surface area contributed by atoms with Crippen LogP contribution in [0.2, 0.25) is 0 Å². The molecule has 0 atom stereocenters. The second-order valence-corrected chi connectivity index (χ2v) is 3.88. The van der Waals surface area contributed by atoms with E-state index in [4.69, 9.17) is 5.11 Å². The summed E-state index contributed by atoms with van der Waals surface area (Å²) in [6.07, 6.45) is 4.13. The molecule has 0 unspecified atom stereocenters. The van der Waals surface area contributed by atoms with Crippen LogP contribution in [0.3, 0.4) is 0 Å². The SMILES string of the molecule is C=C(C)C(=O)O.C=CCOC(=O)C(=C)C.C=CCOC(=O)C=C. The molecule has 0 saturated heterocycles. The lowest BCUT2D eigenvalue weighted by Crippen LogP contribution is -2.03. The predicted molar refractivity (Wildman–Crippen MR) is 89.8 cm³/mol. The van der Waals surface area contributed by atoms with Gasteiger partial charge in [-0.05, 0) is 13.8 Å². The molecule has 1 N–H and O–H groups in total. The van der Waals surface area contributed by atoms with Gasteiger partial charge in [0.1, 0.15) is 13.2 Å². The quantitative estimate of drug-likeness (QED) is 0.440. The summed E-state index contributed by atoms with van der Waals surface area (Å²) in [5.74, 6) is -1.71. The van der Waals surface area contributed by atoms with Gasteiger partial charge in [0.15, 0.2) is 0 Å². The van der Waals surface area contributed by atoms with Crippen molar-refractivity contribution in [3.63, 3.8) is 0 Å². The van der Waals surface area contributed by atoms with Crippen molar-refractivity contribution < 1.29 is 29.0 Å². The Morgan fingerprint density at radius 2 is 1.30 bits per heavy atom. The zero-order valence-corrected chi connectivity index (χ0v) is 13.7. The number of rotatable bonds is 7. The normalized spacial score (nSPS) is 7.74. The monoisotopic (exact) mass is 324 g/mol. The third-order valence-electron chi connectivity index (χ3n) is 1.56. The minimum Gasteiger partial charge on any atom is -0.478 e. The van der Waals surface area contributed by atoms with E-state index < -0.39 is 11.9 Å². The number of ether oxygens (including phenoxy) is 2. The summed E-state index contributed by atoms with van der Waals surface area (Å²) >= 11 is 0. The lowest BCUT2D eigenvalue weighted by atomic mass is 10.4. The van der Waals surface area contributed by atoms with Gasteiger partial charge in [-0.3, -0.25) is 0 Å². The lowest BCUT2D eigenvalue weighted by molar-refractivity contribution is -0.138. The van der Waals surface area contributed by atoms with Gasteiger partial charge >= 0.3 is 17.9 Å². The molecule has 0 heterocycles. The summed E-state index contributed by atoms with van der Waals surface area (Å²) in [6, 6.07) is 0. The number of esters is 2. The fourth-order valence-corrected chi connectivity index (χ4v) is 0.458. The molecule has 0 aliphatic rings. The first-order valence-electron chi connectivity index (χ1n) is 6.36. The number of hydrogen-bond donors (Lipinski definition) is 1. The van der Waals surface area contributed by atoms with Crippen LogP contribution in [-0.2, 0) is 23.9 Å². The Bertz CT molecular complexity index is 448. The fourth-order valence-electron chi connectivity index (χ4n) is 0.458. The van der Waals surface area contributed by atoms with Gasteiger partial charge in [0.25, 0.3) is 0 Å². The summed E-state index contributed by atoms with van der Waals surface area (Å²) in [5, 5.41) is 7.89. The van der Waals surface area contributed by atoms with Gasteiger partial charge in [0.2, 0.25) is 0 Å². The van der Waals surface area contributed by atoms with E-state index in [1.807, 2.05) is 0 Å². The second kappa shape index (κ2) is 17.2. The molecule has 0 aromatic rings. The molecule has 0 saturated carbocycles. The summed E-state index contributed by atoms with van der Waals surface area (Å²) < 4.78 is 9.06. The zero-order valence-electron chi connectivity index (χ0n) is 13.7. The van der Waals surface area contributed by atoms with Crippen molar-refractivity contribution in [1.82, 2.24) is 0 Å². The molecule has 0 aromatic carbocycles. The highest BCUT2D eigenvalue weighted by Gasteiger charge is 1.98. The molecule has 6 nitrogen and oxygen atoms in total. The molecule has 0 rings (SSSR count). The molecule has 0 spiro atoms. The number of hydrogen-bond acceptors (Lipinski definition) is 5. The van der Waals surface area contributed by atoms with Crippen LogP contribution in [0.15, 0.2) is 62.3 Å². The van der Waals surface area contributed by atoms with E-state index in [2.05, 4.69) is 42.4 Å². The summed E-state index contributed by atoms with van der Waals surface area (Å²) in [6.45, 7) is 20.1. The van der Waals surface area contributed by atoms with E-state index in [-0.39, 0.29) is 24.8 Å². The van der Waals surface area contributed by atoms with Gasteiger partial charge in [0, 0.05) is 17.2 Å². The average Bonchev–Trinajstić information content (AvgIpc) is 2.51. The number of carboxylic acid groups (broad SMARTS) is 1. The van der Waals surface area contributed by atoms with Crippen LogP contribution < -0.4 is 0 Å². The Labute approximate surface area is 137 Å². The van der Waals surface area contributed by atoms with Gasteiger partial charge < -0.3 is 14.6 Å². The highest BCUT2D eigenvalue weighted by atomic mass is 16.5. The van der Waals surface area contributed by atoms with Crippen LogP contribution in [0.25, 0.3) is 0 Å². The maximum Gasteiger partial charge on any atom is 0.333 e. The van der Waals surface area contributed by atoms with Gasteiger partial charge in [0.05, 0.1) is 0 Å². The van der Waals surface area contributed by atoms with Gasteiger partial charge in [-0.1, -0.05) is 45.0 Å². The van der Waals surface area contributed by atoms with E-state index in [1.165, 1.54) is 19.1 Å². The Kier molecular flexibility index (Phi) is 18.7. The Morgan fingerprint density at radius 3 is 1.57 bits per heavy atom.